The Morgan fingerprint density at radius 2 is 1.73 bits per heavy atom. The maximum absolute atomic E-state index is 10.5. The van der Waals surface area contributed by atoms with Crippen LogP contribution in [0.15, 0.2) is 12.7 Å². The van der Waals surface area contributed by atoms with Gasteiger partial charge >= 0.3 is 17.9 Å². The van der Waals surface area contributed by atoms with Gasteiger partial charge in [0.1, 0.15) is 0 Å². The smallest absolute Gasteiger partial charge is 0.327 e. The molecule has 0 fully saturated rings. The lowest BCUT2D eigenvalue weighted by Crippen LogP contribution is -2.06. The monoisotopic (exact) mass is 218 g/mol. The number of carbonyl (C=O) groups is 3. The largest absolute Gasteiger partial charge is 0.481 e. The molecule has 0 radical (unpaired) electrons. The first-order valence-corrected chi connectivity index (χ1v) is 4.16. The Morgan fingerprint density at radius 3 is 2.00 bits per heavy atom. The third kappa shape index (κ3) is 18.8. The Bertz CT molecular complexity index is 233. The molecule has 0 aliphatic rings. The highest BCUT2D eigenvalue weighted by Crippen LogP contribution is 1.91. The van der Waals surface area contributed by atoms with Crippen LogP contribution in [0.5, 0.6) is 0 Å². The SMILES string of the molecule is C=CC(=O)O.CCOC(=O)CCC(=O)O. The van der Waals surface area contributed by atoms with Crippen LogP contribution in [-0.2, 0) is 19.1 Å². The van der Waals surface area contributed by atoms with Crippen LogP contribution in [0.3, 0.4) is 0 Å². The number of hydrogen-bond donors (Lipinski definition) is 2. The first-order chi connectivity index (χ1) is 6.93. The molecule has 0 aromatic carbocycles. The highest BCUT2D eigenvalue weighted by molar-refractivity contribution is 5.78. The van der Waals surface area contributed by atoms with Gasteiger partial charge in [-0.25, -0.2) is 4.79 Å². The molecule has 2 N–H and O–H groups in total. The summed E-state index contributed by atoms with van der Waals surface area (Å²) < 4.78 is 4.49. The molecule has 6 heteroatoms. The minimum absolute atomic E-state index is 0.0385. The fourth-order valence-electron chi connectivity index (χ4n) is 0.442. The quantitative estimate of drug-likeness (QED) is 0.519. The predicted octanol–water partition coefficient (Wildman–Crippen LogP) is 0.671. The summed E-state index contributed by atoms with van der Waals surface area (Å²) in [6, 6.07) is 0. The molecule has 0 bridgehead atoms. The van der Waals surface area contributed by atoms with E-state index in [4.69, 9.17) is 10.2 Å². The third-order valence-electron chi connectivity index (χ3n) is 1.02. The predicted molar refractivity (Wildman–Crippen MR) is 51.3 cm³/mol. The van der Waals surface area contributed by atoms with Gasteiger partial charge in [-0.1, -0.05) is 6.58 Å². The number of esters is 1. The third-order valence-corrected chi connectivity index (χ3v) is 1.02. The maximum atomic E-state index is 10.5. The molecule has 0 saturated carbocycles. The first-order valence-electron chi connectivity index (χ1n) is 4.16. The molecule has 0 rings (SSSR count). The van der Waals surface area contributed by atoms with E-state index in [1.807, 2.05) is 0 Å². The van der Waals surface area contributed by atoms with Crippen LogP contribution in [0.2, 0.25) is 0 Å². The number of hydrogen-bond acceptors (Lipinski definition) is 4. The van der Waals surface area contributed by atoms with Gasteiger partial charge in [0.15, 0.2) is 0 Å². The van der Waals surface area contributed by atoms with Crippen LogP contribution in [0, 0.1) is 0 Å². The van der Waals surface area contributed by atoms with Crippen molar-refractivity contribution in [3.63, 3.8) is 0 Å². The lowest BCUT2D eigenvalue weighted by Gasteiger charge is -1.97. The molecule has 0 aliphatic heterocycles. The number of rotatable bonds is 5. The molecule has 0 saturated heterocycles. The molecule has 0 aromatic heterocycles. The number of carboxylic acid groups (broad SMARTS) is 2. The van der Waals surface area contributed by atoms with Crippen LogP contribution in [0.25, 0.3) is 0 Å². The minimum atomic E-state index is -0.981. The van der Waals surface area contributed by atoms with E-state index in [-0.39, 0.29) is 12.8 Å². The molecule has 0 aromatic rings. The summed E-state index contributed by atoms with van der Waals surface area (Å²) in [5.41, 5.74) is 0. The van der Waals surface area contributed by atoms with Crippen molar-refractivity contribution < 1.29 is 29.3 Å². The first kappa shape index (κ1) is 15.6. The lowest BCUT2D eigenvalue weighted by atomic mass is 10.3. The van der Waals surface area contributed by atoms with Crippen molar-refractivity contribution in [3.8, 4) is 0 Å². The summed E-state index contributed by atoms with van der Waals surface area (Å²) in [6.07, 6.45) is 0.641. The molecule has 0 atom stereocenters. The zero-order valence-corrected chi connectivity index (χ0v) is 8.43. The van der Waals surface area contributed by atoms with Crippen LogP contribution >= 0.6 is 0 Å². The van der Waals surface area contributed by atoms with Gasteiger partial charge in [0.25, 0.3) is 0 Å². The minimum Gasteiger partial charge on any atom is -0.481 e. The van der Waals surface area contributed by atoms with Gasteiger partial charge < -0.3 is 14.9 Å². The van der Waals surface area contributed by atoms with E-state index in [2.05, 4.69) is 11.3 Å². The van der Waals surface area contributed by atoms with Gasteiger partial charge in [0.2, 0.25) is 0 Å². The fraction of sp³-hybridized carbons (Fsp3) is 0.444. The Kier molecular flexibility index (Phi) is 10.7. The standard InChI is InChI=1S/C6H10O4.C3H4O2/c1-2-10-6(9)4-3-5(7)8;1-2-3(4)5/h2-4H2,1H3,(H,7,8);2H,1H2,(H,4,5). The zero-order chi connectivity index (χ0) is 12.3. The Balaban J connectivity index is 0. The van der Waals surface area contributed by atoms with Gasteiger partial charge in [0, 0.05) is 6.08 Å². The second kappa shape index (κ2) is 10.2. The molecule has 0 unspecified atom stereocenters. The van der Waals surface area contributed by atoms with Crippen LogP contribution < -0.4 is 0 Å². The number of carboxylic acids is 2. The van der Waals surface area contributed by atoms with E-state index < -0.39 is 17.9 Å². The number of aliphatic carboxylic acids is 2. The maximum Gasteiger partial charge on any atom is 0.327 e. The van der Waals surface area contributed by atoms with Crippen molar-refractivity contribution in [2.75, 3.05) is 6.61 Å². The molecular formula is C9H14O6. The van der Waals surface area contributed by atoms with E-state index in [1.165, 1.54) is 0 Å². The second-order valence-electron chi connectivity index (χ2n) is 2.24. The molecule has 0 heterocycles. The Labute approximate surface area is 87.2 Å². The van der Waals surface area contributed by atoms with Crippen molar-refractivity contribution in [1.82, 2.24) is 0 Å². The Morgan fingerprint density at radius 1 is 1.27 bits per heavy atom. The highest BCUT2D eigenvalue weighted by Gasteiger charge is 2.04. The van der Waals surface area contributed by atoms with Gasteiger partial charge in [0.05, 0.1) is 19.4 Å². The normalized spacial score (nSPS) is 8.07. The molecule has 0 spiro atoms. The second-order valence-corrected chi connectivity index (χ2v) is 2.24. The number of ether oxygens (including phenoxy) is 1. The summed E-state index contributed by atoms with van der Waals surface area (Å²) in [4.78, 5) is 29.6. The van der Waals surface area contributed by atoms with Crippen LogP contribution in [0.1, 0.15) is 19.8 Å². The average molecular weight is 218 g/mol. The van der Waals surface area contributed by atoms with Gasteiger partial charge in [-0.15, -0.1) is 0 Å². The fourth-order valence-corrected chi connectivity index (χ4v) is 0.442. The van der Waals surface area contributed by atoms with Gasteiger partial charge in [-0.3, -0.25) is 9.59 Å². The van der Waals surface area contributed by atoms with Gasteiger partial charge in [-0.05, 0) is 6.92 Å². The van der Waals surface area contributed by atoms with E-state index >= 15 is 0 Å². The molecular weight excluding hydrogens is 204 g/mol. The summed E-state index contributed by atoms with van der Waals surface area (Å²) in [7, 11) is 0. The van der Waals surface area contributed by atoms with Gasteiger partial charge in [-0.2, -0.15) is 0 Å². The zero-order valence-electron chi connectivity index (χ0n) is 8.43. The average Bonchev–Trinajstić information content (AvgIpc) is 2.16. The van der Waals surface area contributed by atoms with E-state index in [9.17, 15) is 14.4 Å². The summed E-state index contributed by atoms with van der Waals surface area (Å²) in [5, 5.41) is 15.7. The van der Waals surface area contributed by atoms with Crippen molar-refractivity contribution in [2.24, 2.45) is 0 Å². The van der Waals surface area contributed by atoms with E-state index in [0.29, 0.717) is 6.61 Å². The van der Waals surface area contributed by atoms with E-state index in [0.717, 1.165) is 6.08 Å². The molecule has 0 aliphatic carbocycles. The molecule has 0 amide bonds. The number of carbonyl (C=O) groups excluding carboxylic acids is 1. The van der Waals surface area contributed by atoms with Crippen molar-refractivity contribution in [1.29, 1.82) is 0 Å². The van der Waals surface area contributed by atoms with Crippen molar-refractivity contribution >= 4 is 17.9 Å². The van der Waals surface area contributed by atoms with Crippen molar-refractivity contribution in [3.05, 3.63) is 12.7 Å². The highest BCUT2D eigenvalue weighted by atomic mass is 16.5. The molecule has 15 heavy (non-hydrogen) atoms. The van der Waals surface area contributed by atoms with Crippen molar-refractivity contribution in [2.45, 2.75) is 19.8 Å². The van der Waals surface area contributed by atoms with Crippen LogP contribution in [-0.4, -0.2) is 34.7 Å². The summed E-state index contributed by atoms with van der Waals surface area (Å²) in [6.45, 7) is 4.94. The Hall–Kier alpha value is -1.85. The molecule has 86 valence electrons. The topological polar surface area (TPSA) is 101 Å². The van der Waals surface area contributed by atoms with Crippen LogP contribution in [0.4, 0.5) is 0 Å². The lowest BCUT2D eigenvalue weighted by molar-refractivity contribution is -0.147. The molecule has 6 nitrogen and oxygen atoms in total. The van der Waals surface area contributed by atoms with E-state index in [1.54, 1.807) is 6.92 Å². The summed E-state index contributed by atoms with van der Waals surface area (Å²) in [5.74, 6) is -2.41. The summed E-state index contributed by atoms with van der Waals surface area (Å²) >= 11 is 0.